The smallest absolute Gasteiger partial charge is 0.0871 e. The van der Waals surface area contributed by atoms with Gasteiger partial charge in [-0.25, -0.2) is 0 Å². The summed E-state index contributed by atoms with van der Waals surface area (Å²) >= 11 is 0. The Morgan fingerprint density at radius 1 is 1.64 bits per heavy atom. The third-order valence-corrected chi connectivity index (χ3v) is 2.63. The Morgan fingerprint density at radius 3 is 3.00 bits per heavy atom. The van der Waals surface area contributed by atoms with Crippen molar-refractivity contribution in [1.29, 1.82) is 5.26 Å². The van der Waals surface area contributed by atoms with E-state index in [1.807, 2.05) is 0 Å². The van der Waals surface area contributed by atoms with Gasteiger partial charge in [0.25, 0.3) is 0 Å². The summed E-state index contributed by atoms with van der Waals surface area (Å²) in [6.07, 6.45) is 4.59. The van der Waals surface area contributed by atoms with E-state index in [-0.39, 0.29) is 12.2 Å². The Bertz CT molecular complexity index is 200. The summed E-state index contributed by atoms with van der Waals surface area (Å²) in [7, 11) is 1.70. The van der Waals surface area contributed by atoms with Crippen molar-refractivity contribution in [3.63, 3.8) is 0 Å². The highest BCUT2D eigenvalue weighted by Gasteiger charge is 2.35. The molecule has 1 saturated carbocycles. The largest absolute Gasteiger partial charge is 0.378 e. The van der Waals surface area contributed by atoms with Crippen molar-refractivity contribution in [2.75, 3.05) is 13.7 Å². The zero-order chi connectivity index (χ0) is 10.4. The van der Waals surface area contributed by atoms with Crippen LogP contribution in [0.5, 0.6) is 0 Å². The van der Waals surface area contributed by atoms with Crippen LogP contribution in [-0.2, 0) is 9.47 Å². The SMILES string of the molecule is [CH2]CC1C[CH]C(OCCC#N)C1OC. The van der Waals surface area contributed by atoms with Gasteiger partial charge in [0, 0.05) is 7.11 Å². The van der Waals surface area contributed by atoms with E-state index in [1.54, 1.807) is 7.11 Å². The van der Waals surface area contributed by atoms with E-state index < -0.39 is 0 Å². The normalized spacial score (nSPS) is 31.6. The maximum Gasteiger partial charge on any atom is 0.0871 e. The summed E-state index contributed by atoms with van der Waals surface area (Å²) in [6.45, 7) is 4.38. The van der Waals surface area contributed by atoms with Gasteiger partial charge in [-0.15, -0.1) is 0 Å². The minimum absolute atomic E-state index is 0.0418. The van der Waals surface area contributed by atoms with Crippen molar-refractivity contribution in [2.45, 2.75) is 31.5 Å². The van der Waals surface area contributed by atoms with Crippen molar-refractivity contribution in [2.24, 2.45) is 5.92 Å². The molecule has 0 amide bonds. The molecular formula is C11H17NO2. The highest BCUT2D eigenvalue weighted by Crippen LogP contribution is 2.31. The quantitative estimate of drug-likeness (QED) is 0.628. The fourth-order valence-electron chi connectivity index (χ4n) is 1.86. The Morgan fingerprint density at radius 2 is 2.43 bits per heavy atom. The number of rotatable bonds is 5. The van der Waals surface area contributed by atoms with Crippen LogP contribution in [0.25, 0.3) is 0 Å². The molecule has 0 bridgehead atoms. The summed E-state index contributed by atoms with van der Waals surface area (Å²) in [4.78, 5) is 0. The van der Waals surface area contributed by atoms with Crippen molar-refractivity contribution in [1.82, 2.24) is 0 Å². The molecule has 3 heteroatoms. The lowest BCUT2D eigenvalue weighted by molar-refractivity contribution is -0.0413. The van der Waals surface area contributed by atoms with Crippen molar-refractivity contribution >= 4 is 0 Å². The molecule has 0 aromatic heterocycles. The van der Waals surface area contributed by atoms with Gasteiger partial charge in [0.05, 0.1) is 31.3 Å². The molecule has 2 radical (unpaired) electrons. The average Bonchev–Trinajstić information content (AvgIpc) is 2.60. The number of hydrogen-bond acceptors (Lipinski definition) is 3. The van der Waals surface area contributed by atoms with Gasteiger partial charge >= 0.3 is 0 Å². The predicted molar refractivity (Wildman–Crippen MR) is 53.1 cm³/mol. The molecule has 1 aliphatic rings. The maximum absolute atomic E-state index is 8.38. The zero-order valence-electron chi connectivity index (χ0n) is 8.61. The molecular weight excluding hydrogens is 178 g/mol. The highest BCUT2D eigenvalue weighted by molar-refractivity contribution is 4.98. The first-order valence-electron chi connectivity index (χ1n) is 4.97. The van der Waals surface area contributed by atoms with Gasteiger partial charge < -0.3 is 9.47 Å². The van der Waals surface area contributed by atoms with Crippen molar-refractivity contribution < 1.29 is 9.47 Å². The summed E-state index contributed by atoms with van der Waals surface area (Å²) in [5, 5.41) is 8.38. The average molecular weight is 195 g/mol. The topological polar surface area (TPSA) is 42.2 Å². The first-order chi connectivity index (χ1) is 6.83. The summed E-state index contributed by atoms with van der Waals surface area (Å²) in [5.74, 6) is 0.465. The van der Waals surface area contributed by atoms with E-state index in [1.165, 1.54) is 0 Å². The Hall–Kier alpha value is -0.590. The maximum atomic E-state index is 8.38. The van der Waals surface area contributed by atoms with E-state index in [4.69, 9.17) is 14.7 Å². The number of hydrogen-bond donors (Lipinski definition) is 0. The lowest BCUT2D eigenvalue weighted by Crippen LogP contribution is -2.30. The monoisotopic (exact) mass is 195 g/mol. The molecule has 1 fully saturated rings. The first-order valence-corrected chi connectivity index (χ1v) is 4.97. The minimum atomic E-state index is 0.0418. The third-order valence-electron chi connectivity index (χ3n) is 2.63. The molecule has 3 nitrogen and oxygen atoms in total. The van der Waals surface area contributed by atoms with Gasteiger partial charge in [-0.1, -0.05) is 6.92 Å². The van der Waals surface area contributed by atoms with Crippen LogP contribution in [-0.4, -0.2) is 25.9 Å². The van der Waals surface area contributed by atoms with Gasteiger partial charge in [0.15, 0.2) is 0 Å². The Balaban J connectivity index is 2.34. The molecule has 3 unspecified atom stereocenters. The van der Waals surface area contributed by atoms with Gasteiger partial charge in [-0.2, -0.15) is 5.26 Å². The predicted octanol–water partition coefficient (Wildman–Crippen LogP) is 1.75. The highest BCUT2D eigenvalue weighted by atomic mass is 16.5. The first kappa shape index (κ1) is 11.5. The second kappa shape index (κ2) is 6.00. The lowest BCUT2D eigenvalue weighted by Gasteiger charge is -2.22. The van der Waals surface area contributed by atoms with Crippen LogP contribution < -0.4 is 0 Å². The van der Waals surface area contributed by atoms with E-state index in [0.29, 0.717) is 18.9 Å². The van der Waals surface area contributed by atoms with E-state index >= 15 is 0 Å². The Labute approximate surface area is 86.0 Å². The molecule has 0 heterocycles. The second-order valence-electron chi connectivity index (χ2n) is 3.46. The Kier molecular flexibility index (Phi) is 4.92. The molecule has 1 rings (SSSR count). The van der Waals surface area contributed by atoms with Crippen molar-refractivity contribution in [3.8, 4) is 6.07 Å². The van der Waals surface area contributed by atoms with Gasteiger partial charge in [-0.3, -0.25) is 0 Å². The standard InChI is InChI=1S/C11H17NO2/c1-3-9-5-6-10(11(9)13-2)14-8-4-7-12/h6,9-11H,1,3-5,8H2,2H3. The van der Waals surface area contributed by atoms with Crippen LogP contribution in [0.2, 0.25) is 0 Å². The number of nitriles is 1. The van der Waals surface area contributed by atoms with E-state index in [2.05, 4.69) is 19.4 Å². The summed E-state index contributed by atoms with van der Waals surface area (Å²) < 4.78 is 10.9. The van der Waals surface area contributed by atoms with Crippen LogP contribution in [0.1, 0.15) is 19.3 Å². The third kappa shape index (κ3) is 2.70. The van der Waals surface area contributed by atoms with Crippen LogP contribution in [0.15, 0.2) is 0 Å². The fourth-order valence-corrected chi connectivity index (χ4v) is 1.86. The molecule has 0 N–H and O–H groups in total. The molecule has 0 spiro atoms. The van der Waals surface area contributed by atoms with E-state index in [0.717, 1.165) is 12.8 Å². The van der Waals surface area contributed by atoms with Gasteiger partial charge in [0.1, 0.15) is 0 Å². The fraction of sp³-hybridized carbons (Fsp3) is 0.727. The molecule has 3 atom stereocenters. The number of methoxy groups -OCH3 is 1. The second-order valence-corrected chi connectivity index (χ2v) is 3.46. The summed E-state index contributed by atoms with van der Waals surface area (Å²) in [6, 6.07) is 2.06. The van der Waals surface area contributed by atoms with Gasteiger partial charge in [-0.05, 0) is 25.2 Å². The zero-order valence-corrected chi connectivity index (χ0v) is 8.61. The molecule has 78 valence electrons. The minimum Gasteiger partial charge on any atom is -0.378 e. The van der Waals surface area contributed by atoms with Crippen LogP contribution in [0, 0.1) is 30.6 Å². The molecule has 14 heavy (non-hydrogen) atoms. The van der Waals surface area contributed by atoms with Crippen LogP contribution in [0.4, 0.5) is 0 Å². The molecule has 0 aromatic carbocycles. The van der Waals surface area contributed by atoms with Crippen molar-refractivity contribution in [3.05, 3.63) is 13.3 Å². The number of nitrogens with zero attached hydrogens (tertiary/aromatic N) is 1. The number of ether oxygens (including phenoxy) is 2. The van der Waals surface area contributed by atoms with Crippen LogP contribution in [0.3, 0.4) is 0 Å². The summed E-state index contributed by atoms with van der Waals surface area (Å²) in [5.41, 5.74) is 0. The van der Waals surface area contributed by atoms with E-state index in [9.17, 15) is 0 Å². The molecule has 0 aromatic rings. The molecule has 0 aliphatic heterocycles. The van der Waals surface area contributed by atoms with Gasteiger partial charge in [0.2, 0.25) is 0 Å². The van der Waals surface area contributed by atoms with Crippen LogP contribution >= 0.6 is 0 Å². The lowest BCUT2D eigenvalue weighted by atomic mass is 10.0. The molecule has 1 aliphatic carbocycles. The molecule has 0 saturated heterocycles.